The van der Waals surface area contributed by atoms with Gasteiger partial charge < -0.3 is 9.67 Å². The Morgan fingerprint density at radius 2 is 2.22 bits per heavy atom. The number of carbonyl (C=O) groups is 1. The molecule has 1 aromatic rings. The number of aromatic nitrogens is 2. The van der Waals surface area contributed by atoms with E-state index in [1.165, 1.54) is 24.0 Å². The summed E-state index contributed by atoms with van der Waals surface area (Å²) in [7, 11) is -2.11. The first-order valence-electron chi connectivity index (χ1n) is 5.42. The zero-order valence-corrected chi connectivity index (χ0v) is 11.4. The van der Waals surface area contributed by atoms with Crippen LogP contribution in [0, 0.1) is 5.41 Å². The lowest BCUT2D eigenvalue weighted by Crippen LogP contribution is -2.40. The van der Waals surface area contributed by atoms with Crippen LogP contribution < -0.4 is 4.72 Å². The highest BCUT2D eigenvalue weighted by Crippen LogP contribution is 2.20. The predicted molar refractivity (Wildman–Crippen MR) is 64.4 cm³/mol. The highest BCUT2D eigenvalue weighted by atomic mass is 32.2. The van der Waals surface area contributed by atoms with Crippen LogP contribution in [0.2, 0.25) is 0 Å². The number of carboxylic acids is 1. The fourth-order valence-electron chi connectivity index (χ4n) is 1.21. The molecule has 8 heteroatoms. The van der Waals surface area contributed by atoms with Crippen LogP contribution in [0.25, 0.3) is 0 Å². The van der Waals surface area contributed by atoms with Gasteiger partial charge >= 0.3 is 5.97 Å². The lowest BCUT2D eigenvalue weighted by molar-refractivity contribution is -0.147. The van der Waals surface area contributed by atoms with Gasteiger partial charge in [0.05, 0.1) is 11.7 Å². The molecule has 0 radical (unpaired) electrons. The van der Waals surface area contributed by atoms with E-state index in [-0.39, 0.29) is 11.6 Å². The summed E-state index contributed by atoms with van der Waals surface area (Å²) in [5, 5.41) is 8.93. The third-order valence-electron chi connectivity index (χ3n) is 2.91. The van der Waals surface area contributed by atoms with Crippen molar-refractivity contribution in [3.8, 4) is 0 Å². The Balaban J connectivity index is 2.83. The molecule has 18 heavy (non-hydrogen) atoms. The smallest absolute Gasteiger partial charge is 0.310 e. The molecule has 0 aromatic carbocycles. The van der Waals surface area contributed by atoms with Crippen LogP contribution in [0.5, 0.6) is 0 Å². The van der Waals surface area contributed by atoms with Crippen LogP contribution in [0.15, 0.2) is 17.6 Å². The highest BCUT2D eigenvalue weighted by Gasteiger charge is 2.33. The van der Waals surface area contributed by atoms with Gasteiger partial charge in [0, 0.05) is 19.8 Å². The molecule has 2 N–H and O–H groups in total. The normalized spacial score (nSPS) is 15.3. The summed E-state index contributed by atoms with van der Waals surface area (Å²) in [4.78, 5) is 14.8. The minimum atomic E-state index is -3.76. The monoisotopic (exact) mass is 275 g/mol. The second-order valence-corrected chi connectivity index (χ2v) is 6.14. The van der Waals surface area contributed by atoms with Crippen molar-refractivity contribution in [2.45, 2.75) is 25.3 Å². The average Bonchev–Trinajstić information content (AvgIpc) is 2.73. The van der Waals surface area contributed by atoms with Crippen molar-refractivity contribution in [1.29, 1.82) is 0 Å². The van der Waals surface area contributed by atoms with E-state index in [4.69, 9.17) is 5.11 Å². The molecule has 0 aliphatic carbocycles. The summed E-state index contributed by atoms with van der Waals surface area (Å²) in [6.07, 6.45) is 3.05. The van der Waals surface area contributed by atoms with Gasteiger partial charge in [-0.05, 0) is 13.3 Å². The van der Waals surface area contributed by atoms with Gasteiger partial charge in [-0.1, -0.05) is 6.92 Å². The molecule has 102 valence electrons. The van der Waals surface area contributed by atoms with E-state index in [1.54, 1.807) is 14.0 Å². The maximum Gasteiger partial charge on any atom is 0.310 e. The lowest BCUT2D eigenvalue weighted by Gasteiger charge is -2.22. The maximum atomic E-state index is 11.9. The first-order valence-corrected chi connectivity index (χ1v) is 6.90. The SMILES string of the molecule is CCC(C)(CNS(=O)(=O)c1cn(C)cn1)C(=O)O. The molecule has 1 aromatic heterocycles. The number of aliphatic carboxylic acids is 1. The third kappa shape index (κ3) is 3.08. The first kappa shape index (κ1) is 14.7. The number of hydrogen-bond acceptors (Lipinski definition) is 4. The van der Waals surface area contributed by atoms with Crippen LogP contribution in [0.1, 0.15) is 20.3 Å². The number of nitrogens with one attached hydrogen (secondary N) is 1. The molecule has 1 unspecified atom stereocenters. The van der Waals surface area contributed by atoms with E-state index < -0.39 is 21.4 Å². The molecule has 1 atom stereocenters. The summed E-state index contributed by atoms with van der Waals surface area (Å²) in [5.41, 5.74) is -1.12. The first-order chi connectivity index (χ1) is 8.21. The third-order valence-corrected chi connectivity index (χ3v) is 4.19. The molecule has 0 bridgehead atoms. The van der Waals surface area contributed by atoms with Crippen LogP contribution in [0.4, 0.5) is 0 Å². The van der Waals surface area contributed by atoms with Gasteiger partial charge in [0.1, 0.15) is 0 Å². The zero-order valence-electron chi connectivity index (χ0n) is 10.5. The fourth-order valence-corrected chi connectivity index (χ4v) is 2.36. The number of aryl methyl sites for hydroxylation is 1. The van der Waals surface area contributed by atoms with Crippen molar-refractivity contribution < 1.29 is 18.3 Å². The summed E-state index contributed by atoms with van der Waals surface area (Å²) in [6.45, 7) is 3.03. The van der Waals surface area contributed by atoms with Crippen LogP contribution in [0.3, 0.4) is 0 Å². The van der Waals surface area contributed by atoms with Crippen molar-refractivity contribution in [2.24, 2.45) is 12.5 Å². The summed E-state index contributed by atoms with van der Waals surface area (Å²) >= 11 is 0. The lowest BCUT2D eigenvalue weighted by atomic mass is 9.88. The minimum absolute atomic E-state index is 0.117. The van der Waals surface area contributed by atoms with E-state index in [1.807, 2.05) is 0 Å². The molecule has 0 fully saturated rings. The van der Waals surface area contributed by atoms with Crippen molar-refractivity contribution in [2.75, 3.05) is 6.54 Å². The second-order valence-electron chi connectivity index (χ2n) is 4.42. The molecule has 0 saturated heterocycles. The average molecular weight is 275 g/mol. The van der Waals surface area contributed by atoms with E-state index in [0.29, 0.717) is 6.42 Å². The molecule has 0 spiro atoms. The standard InChI is InChI=1S/C10H17N3O4S/c1-4-10(2,9(14)15)6-12-18(16,17)8-5-13(3)7-11-8/h5,7,12H,4,6H2,1-3H3,(H,14,15). The molecule has 1 heterocycles. The number of rotatable bonds is 6. The molecular weight excluding hydrogens is 258 g/mol. The van der Waals surface area contributed by atoms with Crippen molar-refractivity contribution in [3.05, 3.63) is 12.5 Å². The van der Waals surface area contributed by atoms with Gasteiger partial charge in [0.2, 0.25) is 0 Å². The number of nitrogens with zero attached hydrogens (tertiary/aromatic N) is 2. The van der Waals surface area contributed by atoms with Gasteiger partial charge in [-0.3, -0.25) is 4.79 Å². The Labute approximate surface area is 106 Å². The zero-order chi connectivity index (χ0) is 14.0. The topological polar surface area (TPSA) is 101 Å². The van der Waals surface area contributed by atoms with E-state index in [0.717, 1.165) is 0 Å². The molecule has 0 aliphatic rings. The van der Waals surface area contributed by atoms with Gasteiger partial charge in [0.25, 0.3) is 10.0 Å². The number of sulfonamides is 1. The summed E-state index contributed by atoms with van der Waals surface area (Å²) in [6, 6.07) is 0. The Morgan fingerprint density at radius 3 is 2.61 bits per heavy atom. The molecule has 0 amide bonds. The van der Waals surface area contributed by atoms with Crippen molar-refractivity contribution in [3.63, 3.8) is 0 Å². The van der Waals surface area contributed by atoms with Gasteiger partial charge in [-0.2, -0.15) is 0 Å². The molecule has 7 nitrogen and oxygen atoms in total. The van der Waals surface area contributed by atoms with Crippen molar-refractivity contribution >= 4 is 16.0 Å². The molecule has 0 saturated carbocycles. The fraction of sp³-hybridized carbons (Fsp3) is 0.600. The molecule has 0 aliphatic heterocycles. The van der Waals surface area contributed by atoms with Crippen LogP contribution in [-0.4, -0.2) is 35.6 Å². The van der Waals surface area contributed by atoms with E-state index in [9.17, 15) is 13.2 Å². The summed E-state index contributed by atoms with van der Waals surface area (Å²) < 4.78 is 27.5. The van der Waals surface area contributed by atoms with Gasteiger partial charge in [0.15, 0.2) is 5.03 Å². The Bertz CT molecular complexity index is 537. The number of carboxylic acid groups (broad SMARTS) is 1. The Morgan fingerprint density at radius 1 is 1.61 bits per heavy atom. The molecular formula is C10H17N3O4S. The second kappa shape index (κ2) is 5.07. The summed E-state index contributed by atoms with van der Waals surface area (Å²) in [5.74, 6) is -1.03. The van der Waals surface area contributed by atoms with Gasteiger partial charge in [-0.25, -0.2) is 18.1 Å². The largest absolute Gasteiger partial charge is 0.481 e. The molecule has 1 rings (SSSR count). The Hall–Kier alpha value is -1.41. The minimum Gasteiger partial charge on any atom is -0.481 e. The van der Waals surface area contributed by atoms with E-state index in [2.05, 4.69) is 9.71 Å². The number of hydrogen-bond donors (Lipinski definition) is 2. The highest BCUT2D eigenvalue weighted by molar-refractivity contribution is 7.89. The number of imidazole rings is 1. The Kier molecular flexibility index (Phi) is 4.12. The van der Waals surface area contributed by atoms with Crippen LogP contribution >= 0.6 is 0 Å². The van der Waals surface area contributed by atoms with E-state index >= 15 is 0 Å². The van der Waals surface area contributed by atoms with Gasteiger partial charge in [-0.15, -0.1) is 0 Å². The van der Waals surface area contributed by atoms with Crippen molar-refractivity contribution in [1.82, 2.24) is 14.3 Å². The predicted octanol–water partition coefficient (Wildman–Crippen LogP) is 0.199. The maximum absolute atomic E-state index is 11.9. The quantitative estimate of drug-likeness (QED) is 0.772. The van der Waals surface area contributed by atoms with Crippen LogP contribution in [-0.2, 0) is 21.9 Å².